The molecule has 1 saturated heterocycles. The molecule has 1 aromatic rings. The van der Waals surface area contributed by atoms with Gasteiger partial charge in [0.2, 0.25) is 0 Å². The van der Waals surface area contributed by atoms with Gasteiger partial charge in [-0.2, -0.15) is 0 Å². The zero-order valence-electron chi connectivity index (χ0n) is 16.4. The molecule has 0 amide bonds. The van der Waals surface area contributed by atoms with Crippen molar-refractivity contribution in [3.05, 3.63) is 29.7 Å². The van der Waals surface area contributed by atoms with Gasteiger partial charge in [0.15, 0.2) is 9.84 Å². The minimum absolute atomic E-state index is 0.0373. The summed E-state index contributed by atoms with van der Waals surface area (Å²) >= 11 is 0. The van der Waals surface area contributed by atoms with E-state index in [0.29, 0.717) is 19.4 Å². The Balaban J connectivity index is 2.68. The van der Waals surface area contributed by atoms with Crippen molar-refractivity contribution in [3.8, 4) is 0 Å². The zero-order valence-corrected chi connectivity index (χ0v) is 12.2. The van der Waals surface area contributed by atoms with Crippen LogP contribution in [0.15, 0.2) is 29.1 Å². The van der Waals surface area contributed by atoms with E-state index in [9.17, 15) is 8.42 Å². The van der Waals surface area contributed by atoms with Crippen LogP contribution < -0.4 is 0 Å². The molecular weight excluding hydrogens is 258 g/mol. The van der Waals surface area contributed by atoms with Crippen LogP contribution in [0.2, 0.25) is 0 Å². The van der Waals surface area contributed by atoms with E-state index in [1.165, 1.54) is 0 Å². The van der Waals surface area contributed by atoms with Gasteiger partial charge in [0.25, 0.3) is 0 Å². The minimum Gasteiger partial charge on any atom is -0.303 e. The van der Waals surface area contributed by atoms with E-state index < -0.39 is 38.8 Å². The van der Waals surface area contributed by atoms with Gasteiger partial charge in [-0.1, -0.05) is 19.0 Å². The molecule has 1 heterocycles. The fraction of sp³-hybridized carbons (Fsp3) is 0.600. The van der Waals surface area contributed by atoms with Crippen molar-refractivity contribution >= 4 is 9.84 Å². The molecule has 1 aliphatic heterocycles. The van der Waals surface area contributed by atoms with Crippen molar-refractivity contribution in [2.24, 2.45) is 0 Å². The van der Waals surface area contributed by atoms with Gasteiger partial charge in [-0.15, -0.1) is 0 Å². The largest absolute Gasteiger partial charge is 0.303 e. The lowest BCUT2D eigenvalue weighted by atomic mass is 9.90. The molecule has 0 saturated carbocycles. The monoisotopic (exact) mass is 286 g/mol. The highest BCUT2D eigenvalue weighted by molar-refractivity contribution is 7.90. The summed E-state index contributed by atoms with van der Waals surface area (Å²) in [6.07, 6.45) is 2.94. The summed E-state index contributed by atoms with van der Waals surface area (Å²) in [6.45, 7) is 3.96. The molecule has 1 atom stereocenters. The maximum absolute atomic E-state index is 12.0. The van der Waals surface area contributed by atoms with Crippen LogP contribution in [0.5, 0.6) is 0 Å². The van der Waals surface area contributed by atoms with Crippen molar-refractivity contribution in [3.63, 3.8) is 0 Å². The predicted molar refractivity (Wildman–Crippen MR) is 78.3 cm³/mol. The third-order valence-corrected chi connectivity index (χ3v) is 4.18. The quantitative estimate of drug-likeness (QED) is 0.854. The van der Waals surface area contributed by atoms with Crippen LogP contribution in [-0.4, -0.2) is 39.2 Å². The molecule has 0 aliphatic carbocycles. The van der Waals surface area contributed by atoms with Crippen LogP contribution in [0.3, 0.4) is 0 Å². The van der Waals surface area contributed by atoms with Crippen LogP contribution in [0.4, 0.5) is 0 Å². The maximum atomic E-state index is 12.0. The van der Waals surface area contributed by atoms with Gasteiger partial charge < -0.3 is 4.90 Å². The van der Waals surface area contributed by atoms with Crippen LogP contribution >= 0.6 is 0 Å². The van der Waals surface area contributed by atoms with Crippen molar-refractivity contribution in [1.29, 1.82) is 0 Å². The number of likely N-dealkylation sites (tertiary alicyclic amines) is 1. The Kier molecular flexibility index (Phi) is 2.91. The number of hydrogen-bond donors (Lipinski definition) is 0. The fourth-order valence-electron chi connectivity index (χ4n) is 2.34. The smallest absolute Gasteiger partial charge is 0.175 e. The van der Waals surface area contributed by atoms with E-state index >= 15 is 0 Å². The summed E-state index contributed by atoms with van der Waals surface area (Å²) in [5, 5.41) is 0. The molecule has 0 unspecified atom stereocenters. The van der Waals surface area contributed by atoms with E-state index in [2.05, 4.69) is 4.90 Å². The fourth-order valence-corrected chi connectivity index (χ4v) is 2.87. The normalized spacial score (nSPS) is 29.1. The van der Waals surface area contributed by atoms with E-state index in [0.717, 1.165) is 25.8 Å². The lowest BCUT2D eigenvalue weighted by Gasteiger charge is -2.32. The Hall–Kier alpha value is -0.870. The molecule has 0 aromatic heterocycles. The number of piperidine rings is 1. The predicted octanol–water partition coefficient (Wildman–Crippen LogP) is 2.68. The van der Waals surface area contributed by atoms with Crippen molar-refractivity contribution in [2.75, 3.05) is 25.9 Å². The van der Waals surface area contributed by atoms with Gasteiger partial charge in [-0.3, -0.25) is 0 Å². The summed E-state index contributed by atoms with van der Waals surface area (Å²) in [5.41, 5.74) is -0.0373. The molecule has 0 radical (unpaired) electrons. The highest BCUT2D eigenvalue weighted by atomic mass is 32.2. The first kappa shape index (κ1) is 9.14. The van der Waals surface area contributed by atoms with Gasteiger partial charge >= 0.3 is 0 Å². The Morgan fingerprint density at radius 1 is 1.53 bits per heavy atom. The van der Waals surface area contributed by atoms with Gasteiger partial charge in [0.05, 0.1) is 10.4 Å². The average molecular weight is 286 g/mol. The molecule has 1 fully saturated rings. The molecule has 4 heteroatoms. The van der Waals surface area contributed by atoms with E-state index in [4.69, 9.17) is 6.85 Å². The molecule has 3 nitrogen and oxygen atoms in total. The van der Waals surface area contributed by atoms with Crippen molar-refractivity contribution in [2.45, 2.75) is 37.0 Å². The number of rotatable bonds is 4. The zero-order chi connectivity index (χ0) is 18.3. The third kappa shape index (κ3) is 3.80. The Labute approximate surface area is 123 Å². The van der Waals surface area contributed by atoms with Gasteiger partial charge in [0, 0.05) is 14.2 Å². The second-order valence-corrected chi connectivity index (χ2v) is 6.91. The molecule has 1 aliphatic rings. The first-order chi connectivity index (χ1) is 11.0. The number of nitrogens with zero attached hydrogens (tertiary/aromatic N) is 1. The number of benzene rings is 1. The van der Waals surface area contributed by atoms with E-state index in [1.807, 2.05) is 6.92 Å². The molecule has 2 rings (SSSR count). The molecule has 0 spiro atoms. The Morgan fingerprint density at radius 2 is 2.32 bits per heavy atom. The van der Waals surface area contributed by atoms with Crippen LogP contribution in [-0.2, 0) is 9.84 Å². The van der Waals surface area contributed by atoms with E-state index in [1.54, 1.807) is 0 Å². The second-order valence-electron chi connectivity index (χ2n) is 4.96. The first-order valence-corrected chi connectivity index (χ1v) is 8.45. The Morgan fingerprint density at radius 3 is 3.00 bits per heavy atom. The molecule has 19 heavy (non-hydrogen) atoms. The lowest BCUT2D eigenvalue weighted by Crippen LogP contribution is -2.34. The summed E-state index contributed by atoms with van der Waals surface area (Å²) in [4.78, 5) is 1.53. The molecule has 106 valence electrons. The van der Waals surface area contributed by atoms with Gasteiger partial charge in [0.1, 0.15) is 0 Å². The molecular formula is C15H23NO2S. The maximum Gasteiger partial charge on any atom is 0.175 e. The third-order valence-electron chi connectivity index (χ3n) is 3.23. The standard InChI is InChI=1S/C15H23NO2S/c1-3-9-16-10-5-7-14(12-16)13-6-4-8-15(11-13)19(2,17)18/h4,6,8,11,14H,3,5,7,9-10,12H2,1-2H3/t14-/m1/s1/i4D,6D,8D,11D,14D. The summed E-state index contributed by atoms with van der Waals surface area (Å²) in [5.74, 6) is -1.30. The molecule has 0 bridgehead atoms. The average Bonchev–Trinajstić information content (AvgIpc) is 2.43. The molecule has 0 N–H and O–H groups in total. The Bertz CT molecular complexity index is 751. The summed E-state index contributed by atoms with van der Waals surface area (Å²) in [6, 6.07) is -1.98. The SMILES string of the molecule is [2H]c1c([2H])c([C@]2([2H])CCCN(CCC)C2)c([2H])c(S(C)(=O)=O)c1[2H]. The van der Waals surface area contributed by atoms with Crippen LogP contribution in [0.25, 0.3) is 0 Å². The first-order valence-electron chi connectivity index (χ1n) is 9.06. The number of hydrogen-bond acceptors (Lipinski definition) is 3. The van der Waals surface area contributed by atoms with Gasteiger partial charge in [-0.25, -0.2) is 8.42 Å². The van der Waals surface area contributed by atoms with Gasteiger partial charge in [-0.05, 0) is 55.9 Å². The topological polar surface area (TPSA) is 37.4 Å². The summed E-state index contributed by atoms with van der Waals surface area (Å²) in [7, 11) is -3.89. The van der Waals surface area contributed by atoms with E-state index in [-0.39, 0.29) is 11.6 Å². The second kappa shape index (κ2) is 6.06. The van der Waals surface area contributed by atoms with Crippen LogP contribution in [0, 0.1) is 0 Å². The van der Waals surface area contributed by atoms with Crippen molar-refractivity contribution in [1.82, 2.24) is 4.90 Å². The highest BCUT2D eigenvalue weighted by Crippen LogP contribution is 2.28. The van der Waals surface area contributed by atoms with Crippen molar-refractivity contribution < 1.29 is 15.3 Å². The van der Waals surface area contributed by atoms with Crippen LogP contribution in [0.1, 0.15) is 44.5 Å². The lowest BCUT2D eigenvalue weighted by molar-refractivity contribution is 0.208. The number of sulfone groups is 1. The summed E-state index contributed by atoms with van der Waals surface area (Å²) < 4.78 is 64.9. The minimum atomic E-state index is -3.89. The highest BCUT2D eigenvalue weighted by Gasteiger charge is 2.21. The molecule has 1 aromatic carbocycles.